The van der Waals surface area contributed by atoms with Crippen LogP contribution in [-0.2, 0) is 4.79 Å². The number of amides is 2. The van der Waals surface area contributed by atoms with E-state index in [0.29, 0.717) is 41.1 Å². The molecule has 2 amide bonds. The lowest BCUT2D eigenvalue weighted by molar-refractivity contribution is -0.124. The van der Waals surface area contributed by atoms with E-state index in [0.717, 1.165) is 0 Å². The molecular weight excluding hydrogens is 397 g/mol. The molecule has 0 aliphatic carbocycles. The van der Waals surface area contributed by atoms with Crippen molar-refractivity contribution in [3.63, 3.8) is 0 Å². The van der Waals surface area contributed by atoms with Crippen molar-refractivity contribution in [3.8, 4) is 0 Å². The Morgan fingerprint density at radius 1 is 1.24 bits per heavy atom. The molecule has 0 aromatic heterocycles. The van der Waals surface area contributed by atoms with Crippen molar-refractivity contribution in [2.24, 2.45) is 11.1 Å². The number of benzene rings is 2. The molecule has 0 unspecified atom stereocenters. The Bertz CT molecular complexity index is 947. The lowest BCUT2D eigenvalue weighted by Gasteiger charge is -2.32. The smallest absolute Gasteiger partial charge is 0.254 e. The highest BCUT2D eigenvalue weighted by molar-refractivity contribution is 6.31. The zero-order valence-corrected chi connectivity index (χ0v) is 16.6. The number of carbonyl (C=O) groups is 2. The fourth-order valence-corrected chi connectivity index (χ4v) is 3.54. The quantitative estimate of drug-likeness (QED) is 0.346. The first kappa shape index (κ1) is 20.8. The van der Waals surface area contributed by atoms with Crippen LogP contribution in [0.2, 0.25) is 5.02 Å². The van der Waals surface area contributed by atoms with Crippen LogP contribution in [0.3, 0.4) is 0 Å². The molecule has 1 fully saturated rings. The van der Waals surface area contributed by atoms with Gasteiger partial charge in [0.25, 0.3) is 5.91 Å². The first-order valence-corrected chi connectivity index (χ1v) is 9.61. The largest absolute Gasteiger partial charge is 0.409 e. The van der Waals surface area contributed by atoms with Crippen LogP contribution in [0.5, 0.6) is 0 Å². The fraction of sp³-hybridized carbons (Fsp3) is 0.286. The Morgan fingerprint density at radius 2 is 1.97 bits per heavy atom. The summed E-state index contributed by atoms with van der Waals surface area (Å²) in [4.78, 5) is 27.2. The fourth-order valence-electron chi connectivity index (χ4n) is 3.37. The second kappa shape index (κ2) is 9.05. The number of amidine groups is 1. The second-order valence-corrected chi connectivity index (χ2v) is 7.35. The van der Waals surface area contributed by atoms with Crippen LogP contribution in [0.15, 0.2) is 47.6 Å². The summed E-state index contributed by atoms with van der Waals surface area (Å²) in [5.74, 6) is -1.48. The number of nitrogens with zero attached hydrogens (tertiary/aromatic N) is 2. The molecule has 29 heavy (non-hydrogen) atoms. The summed E-state index contributed by atoms with van der Waals surface area (Å²) in [6.07, 6.45) is 1.28. The van der Waals surface area contributed by atoms with Crippen LogP contribution in [0.4, 0.5) is 4.39 Å². The third-order valence-corrected chi connectivity index (χ3v) is 5.45. The van der Waals surface area contributed by atoms with Gasteiger partial charge in [-0.1, -0.05) is 22.8 Å². The SMILES string of the molecule is Cc1c(Cl)cccc1C(=O)N1CCC[C@H](C(=O)N/C(=N\O)c2ccc(F)cc2)C1. The van der Waals surface area contributed by atoms with Crippen molar-refractivity contribution in [2.75, 3.05) is 13.1 Å². The van der Waals surface area contributed by atoms with E-state index in [-0.39, 0.29) is 24.2 Å². The van der Waals surface area contributed by atoms with Gasteiger partial charge in [0.2, 0.25) is 5.91 Å². The third kappa shape index (κ3) is 4.74. The molecule has 1 atom stereocenters. The molecule has 2 aromatic rings. The van der Waals surface area contributed by atoms with E-state index >= 15 is 0 Å². The molecule has 0 radical (unpaired) electrons. The predicted molar refractivity (Wildman–Crippen MR) is 108 cm³/mol. The molecule has 0 saturated carbocycles. The lowest BCUT2D eigenvalue weighted by atomic mass is 9.95. The van der Waals surface area contributed by atoms with Gasteiger partial charge in [0.15, 0.2) is 5.84 Å². The van der Waals surface area contributed by atoms with Gasteiger partial charge in [0, 0.05) is 29.2 Å². The second-order valence-electron chi connectivity index (χ2n) is 6.95. The monoisotopic (exact) mass is 417 g/mol. The zero-order chi connectivity index (χ0) is 21.0. The maximum absolute atomic E-state index is 13.1. The van der Waals surface area contributed by atoms with Crippen LogP contribution < -0.4 is 5.32 Å². The van der Waals surface area contributed by atoms with Gasteiger partial charge in [-0.15, -0.1) is 0 Å². The summed E-state index contributed by atoms with van der Waals surface area (Å²) in [5, 5.41) is 15.4. The Labute approximate surface area is 173 Å². The van der Waals surface area contributed by atoms with Crippen molar-refractivity contribution in [1.29, 1.82) is 0 Å². The molecule has 2 N–H and O–H groups in total. The van der Waals surface area contributed by atoms with Crippen LogP contribution in [0, 0.1) is 18.7 Å². The Kier molecular flexibility index (Phi) is 6.49. The maximum atomic E-state index is 13.1. The molecule has 0 bridgehead atoms. The Hall–Kier alpha value is -2.93. The first-order valence-electron chi connectivity index (χ1n) is 9.24. The van der Waals surface area contributed by atoms with Crippen molar-refractivity contribution >= 4 is 29.3 Å². The summed E-state index contributed by atoms with van der Waals surface area (Å²) < 4.78 is 13.1. The minimum atomic E-state index is -0.454. The summed E-state index contributed by atoms with van der Waals surface area (Å²) in [6, 6.07) is 10.4. The van der Waals surface area contributed by atoms with Crippen LogP contribution in [0.25, 0.3) is 0 Å². The minimum Gasteiger partial charge on any atom is -0.409 e. The maximum Gasteiger partial charge on any atom is 0.254 e. The molecular formula is C21H21ClFN3O3. The molecule has 2 aromatic carbocycles. The first-order chi connectivity index (χ1) is 13.9. The van der Waals surface area contributed by atoms with E-state index in [1.54, 1.807) is 30.0 Å². The van der Waals surface area contributed by atoms with Gasteiger partial charge in [-0.25, -0.2) is 4.39 Å². The summed E-state index contributed by atoms with van der Waals surface area (Å²) in [5.41, 5.74) is 1.60. The van der Waals surface area contributed by atoms with Crippen molar-refractivity contribution in [2.45, 2.75) is 19.8 Å². The molecule has 6 nitrogen and oxygen atoms in total. The van der Waals surface area contributed by atoms with E-state index in [1.807, 2.05) is 0 Å². The molecule has 0 spiro atoms. The van der Waals surface area contributed by atoms with E-state index in [1.165, 1.54) is 24.3 Å². The number of rotatable bonds is 3. The highest BCUT2D eigenvalue weighted by atomic mass is 35.5. The van der Waals surface area contributed by atoms with Gasteiger partial charge >= 0.3 is 0 Å². The molecule has 1 saturated heterocycles. The number of carbonyl (C=O) groups excluding carboxylic acids is 2. The van der Waals surface area contributed by atoms with Gasteiger partial charge in [-0.2, -0.15) is 0 Å². The summed E-state index contributed by atoms with van der Waals surface area (Å²) in [6.45, 7) is 2.59. The van der Waals surface area contributed by atoms with E-state index < -0.39 is 11.7 Å². The van der Waals surface area contributed by atoms with E-state index in [2.05, 4.69) is 10.5 Å². The van der Waals surface area contributed by atoms with Gasteiger partial charge in [-0.3, -0.25) is 9.59 Å². The third-order valence-electron chi connectivity index (χ3n) is 5.04. The molecule has 1 heterocycles. The van der Waals surface area contributed by atoms with Gasteiger partial charge in [-0.05, 0) is 61.7 Å². The van der Waals surface area contributed by atoms with Crippen molar-refractivity contribution in [1.82, 2.24) is 10.2 Å². The summed E-state index contributed by atoms with van der Waals surface area (Å²) >= 11 is 6.12. The van der Waals surface area contributed by atoms with E-state index in [9.17, 15) is 19.2 Å². The number of nitrogens with one attached hydrogen (secondary N) is 1. The van der Waals surface area contributed by atoms with Crippen LogP contribution in [-0.4, -0.2) is 40.8 Å². The lowest BCUT2D eigenvalue weighted by Crippen LogP contribution is -2.47. The molecule has 8 heteroatoms. The molecule has 152 valence electrons. The molecule has 1 aliphatic rings. The Morgan fingerprint density at radius 3 is 2.66 bits per heavy atom. The number of hydrogen-bond acceptors (Lipinski definition) is 4. The molecule has 1 aliphatic heterocycles. The predicted octanol–water partition coefficient (Wildman–Crippen LogP) is 3.59. The highest BCUT2D eigenvalue weighted by Crippen LogP contribution is 2.23. The van der Waals surface area contributed by atoms with Crippen molar-refractivity contribution in [3.05, 3.63) is 70.0 Å². The number of halogens is 2. The Balaban J connectivity index is 1.69. The van der Waals surface area contributed by atoms with Gasteiger partial charge in [0.1, 0.15) is 5.82 Å². The number of oxime groups is 1. The minimum absolute atomic E-state index is 0.0656. The summed E-state index contributed by atoms with van der Waals surface area (Å²) in [7, 11) is 0. The molecule has 3 rings (SSSR count). The zero-order valence-electron chi connectivity index (χ0n) is 15.9. The van der Waals surface area contributed by atoms with E-state index in [4.69, 9.17) is 11.6 Å². The average Bonchev–Trinajstić information content (AvgIpc) is 2.74. The number of likely N-dealkylation sites (tertiary alicyclic amines) is 1. The number of hydrogen-bond donors (Lipinski definition) is 2. The number of piperidine rings is 1. The highest BCUT2D eigenvalue weighted by Gasteiger charge is 2.30. The van der Waals surface area contributed by atoms with Gasteiger partial charge in [0.05, 0.1) is 5.92 Å². The standard InChI is InChI=1S/C21H21ClFN3O3/c1-13-17(5-2-6-18(13)22)21(28)26-11-3-4-15(12-26)20(27)24-19(25-29)14-7-9-16(23)10-8-14/h2,5-10,15,29H,3-4,11-12H2,1H3,(H,24,25,27)/t15-/m0/s1. The normalized spacial score (nSPS) is 17.1. The van der Waals surface area contributed by atoms with Gasteiger partial charge < -0.3 is 15.4 Å². The van der Waals surface area contributed by atoms with Crippen LogP contribution >= 0.6 is 11.6 Å². The topological polar surface area (TPSA) is 82.0 Å². The average molecular weight is 418 g/mol. The van der Waals surface area contributed by atoms with Crippen LogP contribution in [0.1, 0.15) is 34.3 Å². The van der Waals surface area contributed by atoms with Crippen molar-refractivity contribution < 1.29 is 19.2 Å².